The van der Waals surface area contributed by atoms with Gasteiger partial charge in [0.2, 0.25) is 0 Å². The van der Waals surface area contributed by atoms with Gasteiger partial charge < -0.3 is 4.98 Å². The number of hydrogen-bond acceptors (Lipinski definition) is 4. The number of para-hydroxylation sites is 1. The second-order valence-electron chi connectivity index (χ2n) is 7.15. The van der Waals surface area contributed by atoms with E-state index in [0.717, 1.165) is 45.9 Å². The third kappa shape index (κ3) is 3.03. The molecule has 1 unspecified atom stereocenters. The summed E-state index contributed by atoms with van der Waals surface area (Å²) in [6.07, 6.45) is 4.25. The molecule has 5 rings (SSSR count). The average molecular weight is 388 g/mol. The zero-order chi connectivity index (χ0) is 19.1. The predicted octanol–water partition coefficient (Wildman–Crippen LogP) is 5.12. The van der Waals surface area contributed by atoms with Gasteiger partial charge in [0, 0.05) is 34.3 Å². The summed E-state index contributed by atoms with van der Waals surface area (Å²) in [5.41, 5.74) is 2.88. The van der Waals surface area contributed by atoms with Crippen molar-refractivity contribution in [1.82, 2.24) is 19.7 Å². The van der Waals surface area contributed by atoms with Crippen LogP contribution in [0.3, 0.4) is 0 Å². The number of hydrogen-bond donors (Lipinski definition) is 1. The van der Waals surface area contributed by atoms with E-state index in [-0.39, 0.29) is 11.0 Å². The number of H-pyrrole nitrogens is 1. The van der Waals surface area contributed by atoms with Crippen LogP contribution < -0.4 is 0 Å². The topological polar surface area (TPSA) is 63.6 Å². The van der Waals surface area contributed by atoms with Crippen LogP contribution in [0, 0.1) is 0 Å². The number of carbonyl (C=O) groups excluding carboxylic acids is 1. The molecule has 1 aliphatic rings. The first-order valence-corrected chi connectivity index (χ1v) is 10.4. The number of ketones is 1. The lowest BCUT2D eigenvalue weighted by molar-refractivity contribution is 0.0994. The van der Waals surface area contributed by atoms with Gasteiger partial charge in [-0.25, -0.2) is 0 Å². The first-order valence-electron chi connectivity index (χ1n) is 9.49. The molecule has 2 aromatic heterocycles. The molecule has 1 saturated carbocycles. The van der Waals surface area contributed by atoms with E-state index in [2.05, 4.69) is 31.9 Å². The molecule has 1 N–H and O–H groups in total. The number of thioether (sulfide) groups is 1. The quantitative estimate of drug-likeness (QED) is 0.368. The van der Waals surface area contributed by atoms with Crippen LogP contribution >= 0.6 is 11.8 Å². The van der Waals surface area contributed by atoms with Crippen LogP contribution in [-0.4, -0.2) is 30.8 Å². The summed E-state index contributed by atoms with van der Waals surface area (Å²) >= 11 is 1.49. The second-order valence-corrected chi connectivity index (χ2v) is 8.45. The molecule has 2 heterocycles. The van der Waals surface area contributed by atoms with Crippen molar-refractivity contribution in [3.05, 3.63) is 66.4 Å². The number of carbonyl (C=O) groups is 1. The Hall–Kier alpha value is -2.86. The van der Waals surface area contributed by atoms with E-state index in [1.807, 2.05) is 55.6 Å². The second kappa shape index (κ2) is 6.95. The molecule has 0 bridgehead atoms. The molecule has 2 aromatic carbocycles. The van der Waals surface area contributed by atoms with Gasteiger partial charge in [-0.05, 0) is 25.8 Å². The summed E-state index contributed by atoms with van der Waals surface area (Å²) in [6, 6.07) is 18.1. The third-order valence-electron chi connectivity index (χ3n) is 5.12. The average Bonchev–Trinajstić information content (AvgIpc) is 3.35. The largest absolute Gasteiger partial charge is 0.360 e. The number of nitrogens with zero attached hydrogens (tertiary/aromatic N) is 3. The fraction of sp³-hybridized carbons (Fsp3) is 0.227. The lowest BCUT2D eigenvalue weighted by Gasteiger charge is -2.12. The highest BCUT2D eigenvalue weighted by Gasteiger charge is 2.32. The van der Waals surface area contributed by atoms with Crippen molar-refractivity contribution in [2.24, 2.45) is 0 Å². The van der Waals surface area contributed by atoms with Crippen LogP contribution in [-0.2, 0) is 0 Å². The molecule has 0 radical (unpaired) electrons. The molecule has 1 fully saturated rings. The van der Waals surface area contributed by atoms with E-state index in [1.54, 1.807) is 0 Å². The SMILES string of the molecule is CC(Sc1nnc(-c2c[nH]c3ccccc23)n1C1CC1)C(=O)c1ccccc1. The normalized spacial score (nSPS) is 15.0. The molecule has 6 heteroatoms. The standard InChI is InChI=1S/C22H20N4OS/c1-14(20(27)15-7-3-2-4-8-15)28-22-25-24-21(26(22)16-11-12-16)18-13-23-19-10-6-5-9-17(18)19/h2-10,13-14,16,23H,11-12H2,1H3. The Morgan fingerprint density at radius 3 is 2.64 bits per heavy atom. The molecule has 1 aliphatic carbocycles. The Kier molecular flexibility index (Phi) is 4.28. The van der Waals surface area contributed by atoms with Crippen LogP contribution in [0.5, 0.6) is 0 Å². The van der Waals surface area contributed by atoms with Gasteiger partial charge in [0.15, 0.2) is 16.8 Å². The Bertz CT molecular complexity index is 1140. The van der Waals surface area contributed by atoms with Crippen molar-refractivity contribution < 1.29 is 4.79 Å². The van der Waals surface area contributed by atoms with Gasteiger partial charge in [-0.1, -0.05) is 60.3 Å². The third-order valence-corrected chi connectivity index (χ3v) is 6.17. The number of nitrogens with one attached hydrogen (secondary N) is 1. The van der Waals surface area contributed by atoms with Gasteiger partial charge in [0.25, 0.3) is 0 Å². The molecular weight excluding hydrogens is 368 g/mol. The van der Waals surface area contributed by atoms with Gasteiger partial charge in [-0.15, -0.1) is 10.2 Å². The summed E-state index contributed by atoms with van der Waals surface area (Å²) in [5.74, 6) is 0.992. The monoisotopic (exact) mass is 388 g/mol. The molecule has 140 valence electrons. The lowest BCUT2D eigenvalue weighted by atomic mass is 10.1. The Morgan fingerprint density at radius 1 is 1.11 bits per heavy atom. The highest BCUT2D eigenvalue weighted by atomic mass is 32.2. The first-order chi connectivity index (χ1) is 13.7. The lowest BCUT2D eigenvalue weighted by Crippen LogP contribution is -2.14. The van der Waals surface area contributed by atoms with Crippen molar-refractivity contribution >= 4 is 28.4 Å². The maximum Gasteiger partial charge on any atom is 0.192 e. The van der Waals surface area contributed by atoms with Crippen molar-refractivity contribution in [2.75, 3.05) is 0 Å². The van der Waals surface area contributed by atoms with Crippen LogP contribution in [0.2, 0.25) is 0 Å². The fourth-order valence-electron chi connectivity index (χ4n) is 3.51. The van der Waals surface area contributed by atoms with Gasteiger partial charge in [-0.3, -0.25) is 9.36 Å². The molecular formula is C22H20N4OS. The van der Waals surface area contributed by atoms with Gasteiger partial charge in [-0.2, -0.15) is 0 Å². The highest BCUT2D eigenvalue weighted by Crippen LogP contribution is 2.43. The van der Waals surface area contributed by atoms with Crippen LogP contribution in [0.15, 0.2) is 66.0 Å². The summed E-state index contributed by atoms with van der Waals surface area (Å²) in [4.78, 5) is 16.1. The molecule has 0 saturated heterocycles. The van der Waals surface area contributed by atoms with E-state index in [4.69, 9.17) is 0 Å². The Labute approximate surface area is 167 Å². The van der Waals surface area contributed by atoms with Crippen LogP contribution in [0.25, 0.3) is 22.3 Å². The minimum atomic E-state index is -0.222. The smallest absolute Gasteiger partial charge is 0.192 e. The van der Waals surface area contributed by atoms with Gasteiger partial charge in [0.05, 0.1) is 5.25 Å². The van der Waals surface area contributed by atoms with E-state index >= 15 is 0 Å². The molecule has 4 aromatic rings. The van der Waals surface area contributed by atoms with Crippen molar-refractivity contribution in [2.45, 2.75) is 36.2 Å². The number of aromatic nitrogens is 4. The summed E-state index contributed by atoms with van der Waals surface area (Å²) in [7, 11) is 0. The van der Waals surface area contributed by atoms with Crippen molar-refractivity contribution in [3.8, 4) is 11.4 Å². The molecule has 1 atom stereocenters. The zero-order valence-electron chi connectivity index (χ0n) is 15.5. The number of fused-ring (bicyclic) bond motifs is 1. The molecule has 28 heavy (non-hydrogen) atoms. The summed E-state index contributed by atoms with van der Waals surface area (Å²) in [5, 5.41) is 10.7. The fourth-order valence-corrected chi connectivity index (χ4v) is 4.50. The number of rotatable bonds is 6. The summed E-state index contributed by atoms with van der Waals surface area (Å²) in [6.45, 7) is 1.94. The maximum absolute atomic E-state index is 12.8. The maximum atomic E-state index is 12.8. The number of benzene rings is 2. The summed E-state index contributed by atoms with van der Waals surface area (Å²) < 4.78 is 2.22. The van der Waals surface area contributed by atoms with Crippen LogP contribution in [0.1, 0.15) is 36.2 Å². The minimum Gasteiger partial charge on any atom is -0.360 e. The number of Topliss-reactive ketones (excluding diaryl/α,β-unsaturated/α-hetero) is 1. The number of aromatic amines is 1. The minimum absolute atomic E-state index is 0.115. The predicted molar refractivity (Wildman–Crippen MR) is 112 cm³/mol. The van der Waals surface area contributed by atoms with Crippen LogP contribution in [0.4, 0.5) is 0 Å². The highest BCUT2D eigenvalue weighted by molar-refractivity contribution is 8.00. The zero-order valence-corrected chi connectivity index (χ0v) is 16.3. The van der Waals surface area contributed by atoms with Gasteiger partial charge in [0.1, 0.15) is 0 Å². The molecule has 0 spiro atoms. The molecule has 5 nitrogen and oxygen atoms in total. The van der Waals surface area contributed by atoms with E-state index in [9.17, 15) is 4.79 Å². The molecule has 0 aliphatic heterocycles. The van der Waals surface area contributed by atoms with Gasteiger partial charge >= 0.3 is 0 Å². The molecule has 0 amide bonds. The van der Waals surface area contributed by atoms with E-state index in [0.29, 0.717) is 6.04 Å². The van der Waals surface area contributed by atoms with E-state index < -0.39 is 0 Å². The van der Waals surface area contributed by atoms with E-state index in [1.165, 1.54) is 11.8 Å². The van der Waals surface area contributed by atoms with Crippen molar-refractivity contribution in [1.29, 1.82) is 0 Å². The first kappa shape index (κ1) is 17.3. The van der Waals surface area contributed by atoms with Crippen molar-refractivity contribution in [3.63, 3.8) is 0 Å². The Balaban J connectivity index is 1.49. The Morgan fingerprint density at radius 2 is 1.86 bits per heavy atom.